The predicted octanol–water partition coefficient (Wildman–Crippen LogP) is 3.43. The van der Waals surface area contributed by atoms with Gasteiger partial charge in [0.25, 0.3) is 0 Å². The number of ether oxygens (including phenoxy) is 1. The maximum atomic E-state index is 11.5. The van der Waals surface area contributed by atoms with Crippen molar-refractivity contribution in [2.24, 2.45) is 10.7 Å². The van der Waals surface area contributed by atoms with Crippen LogP contribution in [0.25, 0.3) is 10.4 Å². The maximum absolute atomic E-state index is 11.5. The van der Waals surface area contributed by atoms with Crippen LogP contribution in [0, 0.1) is 20.8 Å². The van der Waals surface area contributed by atoms with E-state index in [1.807, 2.05) is 20.8 Å². The van der Waals surface area contributed by atoms with E-state index in [1.165, 1.54) is 4.88 Å². The summed E-state index contributed by atoms with van der Waals surface area (Å²) in [6.07, 6.45) is 0.0218. The number of carbonyl (C=O) groups is 1. The van der Waals surface area contributed by atoms with Crippen molar-refractivity contribution in [1.82, 2.24) is 5.16 Å². The van der Waals surface area contributed by atoms with Crippen molar-refractivity contribution in [3.8, 4) is 10.4 Å². The molecule has 3 heterocycles. The number of hydrogen-bond donors (Lipinski definition) is 1. The summed E-state index contributed by atoms with van der Waals surface area (Å²) in [5.41, 5.74) is 9.19. The summed E-state index contributed by atoms with van der Waals surface area (Å²) < 4.78 is 11.5. The Labute approximate surface area is 144 Å². The Kier molecular flexibility index (Phi) is 4.21. The highest BCUT2D eigenvalue weighted by Crippen LogP contribution is 2.45. The van der Waals surface area contributed by atoms with E-state index in [0.29, 0.717) is 11.7 Å². The number of aromatic nitrogens is 1. The number of nitrogens with two attached hydrogens (primary N) is 1. The molecule has 1 atom stereocenters. The van der Waals surface area contributed by atoms with Gasteiger partial charge in [0.15, 0.2) is 5.76 Å². The highest BCUT2D eigenvalue weighted by molar-refractivity contribution is 7.16. The lowest BCUT2D eigenvalue weighted by molar-refractivity contribution is -0.118. The minimum atomic E-state index is -0.522. The third-order valence-electron chi connectivity index (χ3n) is 4.03. The van der Waals surface area contributed by atoms with Crippen molar-refractivity contribution in [2.75, 3.05) is 0 Å². The number of thiophene rings is 1. The Bertz CT molecular complexity index is 832. The van der Waals surface area contributed by atoms with Crippen LogP contribution in [0.5, 0.6) is 0 Å². The van der Waals surface area contributed by atoms with Gasteiger partial charge >= 0.3 is 0 Å². The first kappa shape index (κ1) is 16.7. The van der Waals surface area contributed by atoms with Gasteiger partial charge in [-0.2, -0.15) is 0 Å². The lowest BCUT2D eigenvalue weighted by Crippen LogP contribution is -2.17. The molecule has 128 valence electrons. The van der Waals surface area contributed by atoms with Crippen LogP contribution in [-0.2, 0) is 9.53 Å². The number of primary amides is 1. The molecule has 1 amide bonds. The fraction of sp³-hybridized carbons (Fsp3) is 0.471. The van der Waals surface area contributed by atoms with Gasteiger partial charge in [-0.25, -0.2) is 4.99 Å². The quantitative estimate of drug-likeness (QED) is 0.921. The molecule has 1 aliphatic heterocycles. The molecule has 24 heavy (non-hydrogen) atoms. The standard InChI is InChI=1S/C17H21N3O3S/c1-7(2)22-17-13-8(3)10(5)24-16(13)14-9(4)20-23-15(14)11(19-17)6-12(18)21/h7,11H,6H2,1-5H3,(H2,18,21)/t11-/m0/s1. The van der Waals surface area contributed by atoms with Gasteiger partial charge in [-0.3, -0.25) is 4.79 Å². The number of rotatable bonds is 3. The van der Waals surface area contributed by atoms with Gasteiger partial charge < -0.3 is 15.0 Å². The molecule has 7 heteroatoms. The van der Waals surface area contributed by atoms with Crippen molar-refractivity contribution in [3.63, 3.8) is 0 Å². The zero-order valence-corrected chi connectivity index (χ0v) is 15.3. The van der Waals surface area contributed by atoms with Crippen molar-refractivity contribution in [2.45, 2.75) is 53.2 Å². The van der Waals surface area contributed by atoms with Crippen LogP contribution >= 0.6 is 11.3 Å². The molecule has 0 saturated carbocycles. The Balaban J connectivity index is 2.28. The summed E-state index contributed by atoms with van der Waals surface area (Å²) in [5.74, 6) is 0.681. The van der Waals surface area contributed by atoms with E-state index >= 15 is 0 Å². The van der Waals surface area contributed by atoms with Gasteiger partial charge in [0.1, 0.15) is 6.04 Å². The predicted molar refractivity (Wildman–Crippen MR) is 93.3 cm³/mol. The summed E-state index contributed by atoms with van der Waals surface area (Å²) >= 11 is 1.67. The summed E-state index contributed by atoms with van der Waals surface area (Å²) in [6.45, 7) is 9.93. The van der Waals surface area contributed by atoms with Crippen LogP contribution < -0.4 is 5.73 Å². The van der Waals surface area contributed by atoms with Crippen LogP contribution in [0.15, 0.2) is 9.52 Å². The Morgan fingerprint density at radius 1 is 1.33 bits per heavy atom. The molecule has 2 aromatic heterocycles. The monoisotopic (exact) mass is 347 g/mol. The van der Waals surface area contributed by atoms with Crippen LogP contribution in [0.4, 0.5) is 0 Å². The maximum Gasteiger partial charge on any atom is 0.220 e. The molecular weight excluding hydrogens is 326 g/mol. The average molecular weight is 347 g/mol. The van der Waals surface area contributed by atoms with Crippen LogP contribution in [0.1, 0.15) is 53.8 Å². The zero-order valence-electron chi connectivity index (χ0n) is 14.5. The molecule has 0 aromatic carbocycles. The molecule has 2 N–H and O–H groups in total. The lowest BCUT2D eigenvalue weighted by atomic mass is 10.0. The van der Waals surface area contributed by atoms with Crippen LogP contribution in [-0.4, -0.2) is 23.1 Å². The van der Waals surface area contributed by atoms with Crippen LogP contribution in [0.3, 0.4) is 0 Å². The fourth-order valence-electron chi connectivity index (χ4n) is 2.86. The highest BCUT2D eigenvalue weighted by atomic mass is 32.1. The molecule has 3 rings (SSSR count). The van der Waals surface area contributed by atoms with Gasteiger partial charge in [-0.05, 0) is 40.2 Å². The fourth-order valence-corrected chi connectivity index (χ4v) is 4.11. The minimum Gasteiger partial charge on any atom is -0.475 e. The molecular formula is C17H21N3O3S. The second-order valence-electron chi connectivity index (χ2n) is 6.28. The van der Waals surface area contributed by atoms with Crippen LogP contribution in [0.2, 0.25) is 0 Å². The van der Waals surface area contributed by atoms with E-state index in [-0.39, 0.29) is 12.5 Å². The molecule has 1 aliphatic rings. The molecule has 6 nitrogen and oxygen atoms in total. The van der Waals surface area contributed by atoms with Crippen molar-refractivity contribution < 1.29 is 14.1 Å². The number of carbonyl (C=O) groups excluding carboxylic acids is 1. The number of hydrogen-bond acceptors (Lipinski definition) is 6. The largest absolute Gasteiger partial charge is 0.475 e. The number of aryl methyl sites for hydroxylation is 2. The zero-order chi connectivity index (χ0) is 17.6. The van der Waals surface area contributed by atoms with E-state index in [9.17, 15) is 4.79 Å². The molecule has 0 bridgehead atoms. The summed E-state index contributed by atoms with van der Waals surface area (Å²) in [5, 5.41) is 4.09. The van der Waals surface area contributed by atoms with Gasteiger partial charge in [0.2, 0.25) is 11.8 Å². The number of nitrogens with zero attached hydrogens (tertiary/aromatic N) is 2. The first-order chi connectivity index (χ1) is 11.3. The number of aliphatic imine (C=N–C) groups is 1. The van der Waals surface area contributed by atoms with E-state index in [1.54, 1.807) is 11.3 Å². The molecule has 0 saturated heterocycles. The van der Waals surface area contributed by atoms with Crippen molar-refractivity contribution >= 4 is 23.1 Å². The van der Waals surface area contributed by atoms with E-state index in [4.69, 9.17) is 20.0 Å². The number of amides is 1. The third kappa shape index (κ3) is 2.73. The Morgan fingerprint density at radius 2 is 2.04 bits per heavy atom. The minimum absolute atomic E-state index is 0.0333. The average Bonchev–Trinajstić information content (AvgIpc) is 2.94. The van der Waals surface area contributed by atoms with Crippen molar-refractivity contribution in [3.05, 3.63) is 27.5 Å². The molecule has 2 aromatic rings. The van der Waals surface area contributed by atoms with E-state index in [2.05, 4.69) is 19.0 Å². The number of fused-ring (bicyclic) bond motifs is 3. The van der Waals surface area contributed by atoms with Gasteiger partial charge in [-0.1, -0.05) is 5.16 Å². The second kappa shape index (κ2) is 6.05. The Hall–Kier alpha value is -2.15. The third-order valence-corrected chi connectivity index (χ3v) is 5.26. The smallest absolute Gasteiger partial charge is 0.220 e. The molecule has 0 fully saturated rings. The van der Waals surface area contributed by atoms with Crippen molar-refractivity contribution in [1.29, 1.82) is 0 Å². The van der Waals surface area contributed by atoms with Gasteiger partial charge in [-0.15, -0.1) is 11.3 Å². The Morgan fingerprint density at radius 3 is 2.67 bits per heavy atom. The normalized spacial score (nSPS) is 16.4. The van der Waals surface area contributed by atoms with Gasteiger partial charge in [0, 0.05) is 4.88 Å². The van der Waals surface area contributed by atoms with E-state index < -0.39 is 11.9 Å². The molecule has 0 radical (unpaired) electrons. The molecule has 0 aliphatic carbocycles. The topological polar surface area (TPSA) is 90.7 Å². The molecule has 0 spiro atoms. The summed E-state index contributed by atoms with van der Waals surface area (Å²) in [4.78, 5) is 18.4. The first-order valence-electron chi connectivity index (χ1n) is 7.89. The first-order valence-corrected chi connectivity index (χ1v) is 8.70. The van der Waals surface area contributed by atoms with E-state index in [0.717, 1.165) is 27.3 Å². The lowest BCUT2D eigenvalue weighted by Gasteiger charge is -2.14. The SMILES string of the molecule is Cc1noc2c1-c1sc(C)c(C)c1C(OC(C)C)=N[C@H]2CC(N)=O. The summed E-state index contributed by atoms with van der Waals surface area (Å²) in [6, 6.07) is -0.522. The van der Waals surface area contributed by atoms with Gasteiger partial charge in [0.05, 0.1) is 34.2 Å². The molecule has 0 unspecified atom stereocenters. The second-order valence-corrected chi connectivity index (χ2v) is 7.51. The summed E-state index contributed by atoms with van der Waals surface area (Å²) in [7, 11) is 0. The highest BCUT2D eigenvalue weighted by Gasteiger charge is 2.34.